The van der Waals surface area contributed by atoms with E-state index < -0.39 is 11.4 Å². The highest BCUT2D eigenvalue weighted by atomic mass is 19.1. The molecular weight excluding hydrogens is 435 g/mol. The number of amidine groups is 1. The summed E-state index contributed by atoms with van der Waals surface area (Å²) in [6, 6.07) is 9.23. The predicted molar refractivity (Wildman–Crippen MR) is 125 cm³/mol. The molecule has 3 aliphatic rings. The number of hydrogen-bond acceptors (Lipinski definition) is 7. The number of rotatable bonds is 2. The Bertz CT molecular complexity index is 1380. The number of halogens is 1. The van der Waals surface area contributed by atoms with Gasteiger partial charge in [-0.3, -0.25) is 9.97 Å². The molecule has 6 rings (SSSR count). The Morgan fingerprint density at radius 2 is 1.85 bits per heavy atom. The van der Waals surface area contributed by atoms with Crippen LogP contribution in [0.4, 0.5) is 4.39 Å². The molecule has 0 saturated carbocycles. The summed E-state index contributed by atoms with van der Waals surface area (Å²) < 4.78 is 31.6. The predicted octanol–water partition coefficient (Wildman–Crippen LogP) is 4.56. The van der Waals surface area contributed by atoms with E-state index in [1.54, 1.807) is 12.4 Å². The third-order valence-corrected chi connectivity index (χ3v) is 6.42. The van der Waals surface area contributed by atoms with Crippen molar-refractivity contribution in [3.8, 4) is 22.6 Å². The minimum absolute atomic E-state index is 0.112. The summed E-state index contributed by atoms with van der Waals surface area (Å²) in [4.78, 5) is 13.4. The number of nitrogens with two attached hydrogens (primary N) is 1. The van der Waals surface area contributed by atoms with E-state index in [1.807, 2.05) is 38.1 Å². The summed E-state index contributed by atoms with van der Waals surface area (Å²) >= 11 is 0. The Labute approximate surface area is 196 Å². The number of aliphatic imine (C=N–C) groups is 1. The zero-order valence-corrected chi connectivity index (χ0v) is 18.8. The molecule has 0 aliphatic carbocycles. The second kappa shape index (κ2) is 7.36. The van der Waals surface area contributed by atoms with Crippen molar-refractivity contribution in [3.05, 3.63) is 77.6 Å². The molecule has 1 spiro atoms. The van der Waals surface area contributed by atoms with Crippen molar-refractivity contribution in [2.45, 2.75) is 31.4 Å². The molecular formula is C26H23FN4O3. The Kier molecular flexibility index (Phi) is 4.50. The van der Waals surface area contributed by atoms with E-state index in [9.17, 15) is 4.39 Å². The van der Waals surface area contributed by atoms with Crippen molar-refractivity contribution < 1.29 is 18.6 Å². The maximum absolute atomic E-state index is 13.8. The number of benzene rings is 1. The van der Waals surface area contributed by atoms with Crippen LogP contribution in [0.2, 0.25) is 0 Å². The number of fused-ring (bicyclic) bond motifs is 4. The largest absolute Gasteiger partial charge is 0.462 e. The van der Waals surface area contributed by atoms with E-state index in [0.29, 0.717) is 23.7 Å². The quantitative estimate of drug-likeness (QED) is 0.605. The van der Waals surface area contributed by atoms with E-state index in [2.05, 4.69) is 16.0 Å². The van der Waals surface area contributed by atoms with Crippen LogP contribution < -0.4 is 10.5 Å². The molecule has 1 atom stereocenters. The number of hydrogen-bond donors (Lipinski definition) is 1. The standard InChI is InChI=1S/C26H23FN4O3/c1-25(2)10-16(5-6-33-25)21-9-20-23(13-30-21)34-22-4-3-15(17-7-18(27)12-29-11-17)8-19(22)26(20)14-32-24(28)31-26/h3-4,7-13H,5-6,14H2,1-2H3,(H2,28,31). The molecule has 0 amide bonds. The topological polar surface area (TPSA) is 91.9 Å². The lowest BCUT2D eigenvalue weighted by Crippen LogP contribution is -2.31. The average molecular weight is 458 g/mol. The van der Waals surface area contributed by atoms with Gasteiger partial charge in [0.25, 0.3) is 6.02 Å². The van der Waals surface area contributed by atoms with Gasteiger partial charge < -0.3 is 19.9 Å². The summed E-state index contributed by atoms with van der Waals surface area (Å²) in [5.41, 5.74) is 9.78. The van der Waals surface area contributed by atoms with E-state index in [1.165, 1.54) is 12.3 Å². The van der Waals surface area contributed by atoms with Gasteiger partial charge in [0.1, 0.15) is 18.2 Å². The lowest BCUT2D eigenvalue weighted by atomic mass is 9.80. The first-order valence-electron chi connectivity index (χ1n) is 11.1. The molecule has 3 aliphatic heterocycles. The number of pyridine rings is 2. The minimum atomic E-state index is -0.900. The van der Waals surface area contributed by atoms with Crippen LogP contribution >= 0.6 is 0 Å². The SMILES string of the molecule is CC1(C)C=C(c2cc3c(cn2)Oc2ccc(-c4cncc(F)c4)cc2C32COC(N)=N2)CCO1. The normalized spacial score (nSPS) is 22.2. The van der Waals surface area contributed by atoms with E-state index in [0.717, 1.165) is 34.4 Å². The molecule has 172 valence electrons. The van der Waals surface area contributed by atoms with Gasteiger partial charge in [-0.2, -0.15) is 0 Å². The van der Waals surface area contributed by atoms with E-state index >= 15 is 0 Å². The van der Waals surface area contributed by atoms with Crippen LogP contribution in [0.1, 0.15) is 37.1 Å². The molecule has 7 nitrogen and oxygen atoms in total. The molecule has 2 aromatic heterocycles. The van der Waals surface area contributed by atoms with Gasteiger partial charge in [-0.15, -0.1) is 0 Å². The Morgan fingerprint density at radius 1 is 1.00 bits per heavy atom. The van der Waals surface area contributed by atoms with Crippen molar-refractivity contribution in [2.75, 3.05) is 13.2 Å². The van der Waals surface area contributed by atoms with Gasteiger partial charge in [-0.05, 0) is 61.7 Å². The van der Waals surface area contributed by atoms with Crippen molar-refractivity contribution in [3.63, 3.8) is 0 Å². The second-order valence-corrected chi connectivity index (χ2v) is 9.24. The maximum atomic E-state index is 13.8. The van der Waals surface area contributed by atoms with Crippen LogP contribution in [0, 0.1) is 5.82 Å². The Balaban J connectivity index is 1.52. The zero-order chi connectivity index (χ0) is 23.5. The fourth-order valence-corrected chi connectivity index (χ4v) is 4.84. The molecule has 1 unspecified atom stereocenters. The monoisotopic (exact) mass is 458 g/mol. The number of aromatic nitrogens is 2. The van der Waals surface area contributed by atoms with Crippen molar-refractivity contribution in [2.24, 2.45) is 10.7 Å². The number of ether oxygens (including phenoxy) is 3. The van der Waals surface area contributed by atoms with Gasteiger partial charge in [0.2, 0.25) is 0 Å². The molecule has 2 N–H and O–H groups in total. The van der Waals surface area contributed by atoms with Crippen LogP contribution in [0.5, 0.6) is 11.5 Å². The molecule has 0 fully saturated rings. The summed E-state index contributed by atoms with van der Waals surface area (Å²) in [6.07, 6.45) is 7.40. The van der Waals surface area contributed by atoms with Gasteiger partial charge in [0.05, 0.1) is 30.3 Å². The number of nitrogens with zero attached hydrogens (tertiary/aromatic N) is 3. The lowest BCUT2D eigenvalue weighted by Gasteiger charge is -2.34. The molecule has 8 heteroatoms. The third-order valence-electron chi connectivity index (χ3n) is 6.42. The van der Waals surface area contributed by atoms with Crippen LogP contribution in [0.15, 0.2) is 60.0 Å². The summed E-state index contributed by atoms with van der Waals surface area (Å²) in [5.74, 6) is 0.829. The van der Waals surface area contributed by atoms with Gasteiger partial charge in [0, 0.05) is 22.9 Å². The van der Waals surface area contributed by atoms with E-state index in [-0.39, 0.29) is 18.2 Å². The first-order valence-corrected chi connectivity index (χ1v) is 11.1. The van der Waals surface area contributed by atoms with Crippen molar-refractivity contribution in [1.82, 2.24) is 9.97 Å². The van der Waals surface area contributed by atoms with Crippen molar-refractivity contribution in [1.29, 1.82) is 0 Å². The Morgan fingerprint density at radius 3 is 2.62 bits per heavy atom. The molecule has 5 heterocycles. The molecule has 34 heavy (non-hydrogen) atoms. The van der Waals surface area contributed by atoms with E-state index in [4.69, 9.17) is 24.9 Å². The first-order chi connectivity index (χ1) is 16.3. The molecule has 0 saturated heterocycles. The van der Waals surface area contributed by atoms with Gasteiger partial charge in [0.15, 0.2) is 11.3 Å². The smallest absolute Gasteiger partial charge is 0.283 e. The summed E-state index contributed by atoms with van der Waals surface area (Å²) in [7, 11) is 0. The van der Waals surface area contributed by atoms with Crippen molar-refractivity contribution >= 4 is 11.6 Å². The molecule has 0 bridgehead atoms. The maximum Gasteiger partial charge on any atom is 0.283 e. The van der Waals surface area contributed by atoms with Gasteiger partial charge >= 0.3 is 0 Å². The highest BCUT2D eigenvalue weighted by Gasteiger charge is 2.47. The third kappa shape index (κ3) is 3.33. The summed E-state index contributed by atoms with van der Waals surface area (Å²) in [5, 5.41) is 0. The fraction of sp³-hybridized carbons (Fsp3) is 0.269. The van der Waals surface area contributed by atoms with Crippen LogP contribution in [0.25, 0.3) is 16.7 Å². The second-order valence-electron chi connectivity index (χ2n) is 9.24. The first kappa shape index (κ1) is 20.8. The fourth-order valence-electron chi connectivity index (χ4n) is 4.84. The average Bonchev–Trinajstić information content (AvgIpc) is 3.20. The lowest BCUT2D eigenvalue weighted by molar-refractivity contribution is 0.0164. The molecule has 1 aromatic carbocycles. The summed E-state index contributed by atoms with van der Waals surface area (Å²) in [6.45, 7) is 4.92. The van der Waals surface area contributed by atoms with Crippen LogP contribution in [-0.2, 0) is 15.0 Å². The highest BCUT2D eigenvalue weighted by molar-refractivity contribution is 5.78. The minimum Gasteiger partial charge on any atom is -0.462 e. The molecule has 3 aromatic rings. The van der Waals surface area contributed by atoms with Gasteiger partial charge in [-0.25, -0.2) is 9.38 Å². The zero-order valence-electron chi connectivity index (χ0n) is 18.8. The van der Waals surface area contributed by atoms with Crippen LogP contribution in [0.3, 0.4) is 0 Å². The molecule has 0 radical (unpaired) electrons. The highest BCUT2D eigenvalue weighted by Crippen LogP contribution is 2.52. The van der Waals surface area contributed by atoms with Crippen LogP contribution in [-0.4, -0.2) is 34.8 Å². The van der Waals surface area contributed by atoms with Gasteiger partial charge in [-0.1, -0.05) is 6.07 Å². The Hall–Kier alpha value is -3.78.